The maximum atomic E-state index is 13.8. The van der Waals surface area contributed by atoms with Gasteiger partial charge >= 0.3 is 5.97 Å². The largest absolute Gasteiger partial charge is 0.479 e. The maximum Gasteiger partial charge on any atom is 0.337 e. The molecule has 1 atom stereocenters. The highest BCUT2D eigenvalue weighted by atomic mass is 19.2. The van der Waals surface area contributed by atoms with Crippen molar-refractivity contribution >= 4 is 17.0 Å². The summed E-state index contributed by atoms with van der Waals surface area (Å²) < 4.78 is 48.7. The Morgan fingerprint density at radius 1 is 1.06 bits per heavy atom. The molecular formula is C28H27F3N2O3. The average Bonchev–Trinajstić information content (AvgIpc) is 3.17. The highest BCUT2D eigenvalue weighted by molar-refractivity contribution is 5.97. The normalized spacial score (nSPS) is 12.8. The molecule has 0 saturated carbocycles. The molecule has 4 rings (SSSR count). The van der Waals surface area contributed by atoms with Crippen LogP contribution in [0.1, 0.15) is 49.3 Å². The predicted octanol–water partition coefficient (Wildman–Crippen LogP) is 6.73. The first-order valence-corrected chi connectivity index (χ1v) is 11.5. The van der Waals surface area contributed by atoms with Crippen LogP contribution in [0.15, 0.2) is 48.7 Å². The first kappa shape index (κ1) is 25.4. The predicted molar refractivity (Wildman–Crippen MR) is 131 cm³/mol. The van der Waals surface area contributed by atoms with Crippen LogP contribution in [0.25, 0.3) is 22.2 Å². The fourth-order valence-electron chi connectivity index (χ4n) is 4.29. The number of carboxylic acids is 1. The number of aromatic nitrogens is 2. The van der Waals surface area contributed by atoms with E-state index in [1.807, 2.05) is 31.2 Å². The van der Waals surface area contributed by atoms with E-state index in [0.717, 1.165) is 23.3 Å². The molecule has 0 spiro atoms. The number of benzene rings is 2. The smallest absolute Gasteiger partial charge is 0.337 e. The summed E-state index contributed by atoms with van der Waals surface area (Å²) in [6.45, 7) is 9.06. The lowest BCUT2D eigenvalue weighted by Crippen LogP contribution is -2.28. The minimum atomic E-state index is -1.52. The van der Waals surface area contributed by atoms with Crippen LogP contribution < -0.4 is 0 Å². The Morgan fingerprint density at radius 3 is 2.22 bits per heavy atom. The van der Waals surface area contributed by atoms with Gasteiger partial charge in [0.25, 0.3) is 0 Å². The lowest BCUT2D eigenvalue weighted by Gasteiger charge is -2.28. The number of halogens is 3. The van der Waals surface area contributed by atoms with Gasteiger partial charge in [0, 0.05) is 34.9 Å². The molecule has 0 amide bonds. The van der Waals surface area contributed by atoms with Crippen molar-refractivity contribution in [1.29, 1.82) is 0 Å². The molecule has 0 radical (unpaired) electrons. The average molecular weight is 497 g/mol. The number of ether oxygens (including phenoxy) is 1. The Hall–Kier alpha value is -3.65. The first-order chi connectivity index (χ1) is 16.9. The van der Waals surface area contributed by atoms with Gasteiger partial charge in [0.15, 0.2) is 23.6 Å². The van der Waals surface area contributed by atoms with Crippen molar-refractivity contribution < 1.29 is 27.8 Å². The zero-order valence-electron chi connectivity index (χ0n) is 20.7. The van der Waals surface area contributed by atoms with Crippen molar-refractivity contribution in [3.63, 3.8) is 0 Å². The molecule has 5 nitrogen and oxygen atoms in total. The number of aryl methyl sites for hydroxylation is 2. The molecule has 0 aliphatic heterocycles. The van der Waals surface area contributed by atoms with Crippen molar-refractivity contribution in [2.75, 3.05) is 0 Å². The lowest BCUT2D eigenvalue weighted by molar-refractivity contribution is -0.160. The summed E-state index contributed by atoms with van der Waals surface area (Å²) in [5.41, 5.74) is 3.35. The molecule has 4 aromatic rings. The van der Waals surface area contributed by atoms with Crippen LogP contribution in [-0.4, -0.2) is 26.2 Å². The summed E-state index contributed by atoms with van der Waals surface area (Å²) in [5, 5.41) is 10.8. The molecule has 0 bridgehead atoms. The van der Waals surface area contributed by atoms with Crippen molar-refractivity contribution in [2.24, 2.45) is 0 Å². The molecule has 0 saturated heterocycles. The molecular weight excluding hydrogens is 469 g/mol. The second kappa shape index (κ2) is 9.43. The molecule has 2 aromatic heterocycles. The zero-order chi connectivity index (χ0) is 26.4. The van der Waals surface area contributed by atoms with Crippen LogP contribution in [0.2, 0.25) is 0 Å². The molecule has 0 aliphatic carbocycles. The number of nitrogens with zero attached hydrogens (tertiary/aromatic N) is 2. The minimum Gasteiger partial charge on any atom is -0.479 e. The Morgan fingerprint density at radius 2 is 1.67 bits per heavy atom. The molecule has 2 aromatic carbocycles. The summed E-state index contributed by atoms with van der Waals surface area (Å²) in [7, 11) is 0. The van der Waals surface area contributed by atoms with Gasteiger partial charge in [-0.3, -0.25) is 0 Å². The third-order valence-electron chi connectivity index (χ3n) is 5.83. The molecule has 36 heavy (non-hydrogen) atoms. The monoisotopic (exact) mass is 496 g/mol. The number of pyridine rings is 1. The Bertz CT molecular complexity index is 1430. The molecule has 1 N–H and O–H groups in total. The zero-order valence-corrected chi connectivity index (χ0v) is 20.7. The maximum absolute atomic E-state index is 13.8. The van der Waals surface area contributed by atoms with E-state index in [-0.39, 0.29) is 12.1 Å². The SMILES string of the molecule is Cc1ccc(-c2c([C@H](OC(C)(C)C)C(=O)O)c(C)nc3c2ccn3Cc2cc(F)c(F)c(F)c2)cc1. The van der Waals surface area contributed by atoms with Gasteiger partial charge in [-0.25, -0.2) is 22.9 Å². The van der Waals surface area contributed by atoms with Gasteiger partial charge < -0.3 is 14.4 Å². The van der Waals surface area contributed by atoms with Gasteiger partial charge in [-0.15, -0.1) is 0 Å². The van der Waals surface area contributed by atoms with Gasteiger partial charge in [0.05, 0.1) is 5.60 Å². The number of carbonyl (C=O) groups is 1. The van der Waals surface area contributed by atoms with Gasteiger partial charge in [-0.05, 0) is 63.9 Å². The standard InChI is InChI=1S/C28H27F3N2O3/c1-15-6-8-18(9-7-15)23-19-10-11-33(14-17-12-20(29)24(31)21(30)13-17)26(19)32-16(2)22(23)25(27(34)35)36-28(3,4)5/h6-13,25H,14H2,1-5H3,(H,34,35)/t25-/m0/s1. The fourth-order valence-corrected chi connectivity index (χ4v) is 4.29. The summed E-state index contributed by atoms with van der Waals surface area (Å²) in [5.74, 6) is -5.19. The van der Waals surface area contributed by atoms with Crippen molar-refractivity contribution in [2.45, 2.75) is 52.9 Å². The molecule has 8 heteroatoms. The fraction of sp³-hybridized carbons (Fsp3) is 0.286. The molecule has 0 aliphatic rings. The third kappa shape index (κ3) is 4.99. The molecule has 2 heterocycles. The number of hydrogen-bond acceptors (Lipinski definition) is 3. The van der Waals surface area contributed by atoms with Crippen LogP contribution in [-0.2, 0) is 16.1 Å². The van der Waals surface area contributed by atoms with Crippen molar-refractivity contribution in [3.05, 3.63) is 88.5 Å². The Balaban J connectivity index is 1.95. The molecule has 188 valence electrons. The number of carboxylic acid groups (broad SMARTS) is 1. The van der Waals surface area contributed by atoms with E-state index in [1.165, 1.54) is 0 Å². The number of hydrogen-bond donors (Lipinski definition) is 1. The van der Waals surface area contributed by atoms with Gasteiger partial charge in [-0.1, -0.05) is 29.8 Å². The Kier molecular flexibility index (Phi) is 6.66. The highest BCUT2D eigenvalue weighted by Crippen LogP contribution is 2.40. The van der Waals surface area contributed by atoms with Gasteiger partial charge in [-0.2, -0.15) is 0 Å². The lowest BCUT2D eigenvalue weighted by atomic mass is 9.92. The van der Waals surface area contributed by atoms with E-state index in [1.54, 1.807) is 44.5 Å². The van der Waals surface area contributed by atoms with Gasteiger partial charge in [0.1, 0.15) is 5.65 Å². The summed E-state index contributed by atoms with van der Waals surface area (Å²) in [6, 6.07) is 11.4. The molecule has 0 unspecified atom stereocenters. The van der Waals surface area contributed by atoms with Crippen LogP contribution >= 0.6 is 0 Å². The van der Waals surface area contributed by atoms with Crippen molar-refractivity contribution in [1.82, 2.24) is 9.55 Å². The van der Waals surface area contributed by atoms with Gasteiger partial charge in [0.2, 0.25) is 0 Å². The number of rotatable bonds is 6. The highest BCUT2D eigenvalue weighted by Gasteiger charge is 2.32. The third-order valence-corrected chi connectivity index (χ3v) is 5.83. The van der Waals surface area contributed by atoms with E-state index in [4.69, 9.17) is 4.74 Å². The first-order valence-electron chi connectivity index (χ1n) is 11.5. The van der Waals surface area contributed by atoms with Crippen LogP contribution in [0, 0.1) is 31.3 Å². The summed E-state index contributed by atoms with van der Waals surface area (Å²) in [4.78, 5) is 17.1. The second-order valence-corrected chi connectivity index (χ2v) is 9.85. The van der Waals surface area contributed by atoms with E-state index >= 15 is 0 Å². The van der Waals surface area contributed by atoms with Crippen LogP contribution in [0.3, 0.4) is 0 Å². The summed E-state index contributed by atoms with van der Waals surface area (Å²) >= 11 is 0. The van der Waals surface area contributed by atoms with Crippen molar-refractivity contribution in [3.8, 4) is 11.1 Å². The molecule has 0 fully saturated rings. The van der Waals surface area contributed by atoms with E-state index in [2.05, 4.69) is 4.98 Å². The van der Waals surface area contributed by atoms with Crippen LogP contribution in [0.4, 0.5) is 13.2 Å². The Labute approximate surface area is 207 Å². The van der Waals surface area contributed by atoms with E-state index < -0.39 is 35.1 Å². The quantitative estimate of drug-likeness (QED) is 0.301. The number of fused-ring (bicyclic) bond motifs is 1. The van der Waals surface area contributed by atoms with E-state index in [9.17, 15) is 23.1 Å². The summed E-state index contributed by atoms with van der Waals surface area (Å²) in [6.07, 6.45) is 0.430. The van der Waals surface area contributed by atoms with Crippen LogP contribution in [0.5, 0.6) is 0 Å². The topological polar surface area (TPSA) is 64.3 Å². The second-order valence-electron chi connectivity index (χ2n) is 9.85. The number of aliphatic carboxylic acids is 1. The van der Waals surface area contributed by atoms with E-state index in [0.29, 0.717) is 27.9 Å². The minimum absolute atomic E-state index is 0.0393.